The summed E-state index contributed by atoms with van der Waals surface area (Å²) in [5, 5.41) is 6.29. The summed E-state index contributed by atoms with van der Waals surface area (Å²) in [7, 11) is 0. The summed E-state index contributed by atoms with van der Waals surface area (Å²) in [5.74, 6) is -0.541. The van der Waals surface area contributed by atoms with Crippen LogP contribution in [0.2, 0.25) is 0 Å². The number of rotatable bonds is 7. The van der Waals surface area contributed by atoms with Crippen LogP contribution in [0, 0.1) is 0 Å². The average molecular weight is 542 g/mol. The molecule has 33 heavy (non-hydrogen) atoms. The number of ether oxygens (including phenoxy) is 1. The lowest BCUT2D eigenvalue weighted by atomic mass is 10.1. The van der Waals surface area contributed by atoms with Crippen molar-refractivity contribution in [2.45, 2.75) is 24.1 Å². The Kier molecular flexibility index (Phi) is 7.42. The highest BCUT2D eigenvalue weighted by molar-refractivity contribution is 9.10. The zero-order chi connectivity index (χ0) is 23.4. The molecule has 1 atom stereocenters. The first kappa shape index (κ1) is 23.4. The molecule has 4 rings (SSSR count). The molecule has 1 N–H and O–H groups in total. The number of anilines is 1. The molecule has 6 nitrogen and oxygen atoms in total. The van der Waals surface area contributed by atoms with Crippen molar-refractivity contribution in [1.82, 2.24) is 9.97 Å². The van der Waals surface area contributed by atoms with E-state index in [1.54, 1.807) is 42.5 Å². The number of halogens is 1. The SMILES string of the molecule is CCOC(=O)c1ccc(NC(=O)C(C)Sc2ncnc3scc(-c4ccc(Br)cc4)c23)cc1. The lowest BCUT2D eigenvalue weighted by Gasteiger charge is -2.13. The molecule has 1 unspecified atom stereocenters. The maximum absolute atomic E-state index is 12.8. The van der Waals surface area contributed by atoms with Gasteiger partial charge >= 0.3 is 5.97 Å². The zero-order valence-electron chi connectivity index (χ0n) is 17.9. The highest BCUT2D eigenvalue weighted by atomic mass is 79.9. The second-order valence-corrected chi connectivity index (χ2v) is 10.2. The van der Waals surface area contributed by atoms with Crippen LogP contribution in [-0.2, 0) is 9.53 Å². The Hall–Kier alpha value is -2.75. The van der Waals surface area contributed by atoms with Gasteiger partial charge in [0.05, 0.1) is 22.8 Å². The number of fused-ring (bicyclic) bond motifs is 1. The number of thioether (sulfide) groups is 1. The van der Waals surface area contributed by atoms with Crippen LogP contribution in [0.25, 0.3) is 21.3 Å². The van der Waals surface area contributed by atoms with Gasteiger partial charge in [-0.3, -0.25) is 4.79 Å². The van der Waals surface area contributed by atoms with E-state index in [-0.39, 0.29) is 11.9 Å². The second-order valence-electron chi connectivity index (χ2n) is 7.06. The van der Waals surface area contributed by atoms with E-state index in [4.69, 9.17) is 4.74 Å². The van der Waals surface area contributed by atoms with Gasteiger partial charge in [-0.25, -0.2) is 14.8 Å². The molecule has 0 aliphatic rings. The first-order valence-corrected chi connectivity index (χ1v) is 12.7. The van der Waals surface area contributed by atoms with Crippen LogP contribution < -0.4 is 5.32 Å². The van der Waals surface area contributed by atoms with Crippen LogP contribution in [0.5, 0.6) is 0 Å². The maximum atomic E-state index is 12.8. The summed E-state index contributed by atoms with van der Waals surface area (Å²) >= 11 is 6.42. The van der Waals surface area contributed by atoms with E-state index < -0.39 is 5.25 Å². The molecule has 2 aromatic heterocycles. The molecule has 9 heteroatoms. The summed E-state index contributed by atoms with van der Waals surface area (Å²) < 4.78 is 6.00. The number of aromatic nitrogens is 2. The molecule has 0 saturated heterocycles. The Morgan fingerprint density at radius 2 is 1.85 bits per heavy atom. The lowest BCUT2D eigenvalue weighted by Crippen LogP contribution is -2.22. The summed E-state index contributed by atoms with van der Waals surface area (Å²) in [6.07, 6.45) is 1.53. The predicted octanol–water partition coefficient (Wildman–Crippen LogP) is 6.42. The smallest absolute Gasteiger partial charge is 0.338 e. The van der Waals surface area contributed by atoms with Gasteiger partial charge in [0, 0.05) is 21.1 Å². The quantitative estimate of drug-likeness (QED) is 0.165. The molecule has 2 heterocycles. The average Bonchev–Trinajstić information content (AvgIpc) is 3.25. The van der Waals surface area contributed by atoms with E-state index in [0.717, 1.165) is 30.8 Å². The van der Waals surface area contributed by atoms with Crippen LogP contribution in [-0.4, -0.2) is 33.7 Å². The molecule has 0 aliphatic heterocycles. The summed E-state index contributed by atoms with van der Waals surface area (Å²) in [6, 6.07) is 14.7. The van der Waals surface area contributed by atoms with Crippen molar-refractivity contribution in [2.75, 3.05) is 11.9 Å². The molecular formula is C24H20BrN3O3S2. The highest BCUT2D eigenvalue weighted by Crippen LogP contribution is 2.39. The molecule has 0 radical (unpaired) electrons. The number of thiophene rings is 1. The van der Waals surface area contributed by atoms with Gasteiger partial charge in [0.1, 0.15) is 16.2 Å². The predicted molar refractivity (Wildman–Crippen MR) is 137 cm³/mol. The Bertz CT molecular complexity index is 1290. The van der Waals surface area contributed by atoms with E-state index in [1.807, 2.05) is 31.2 Å². The normalized spacial score (nSPS) is 11.8. The third-order valence-electron chi connectivity index (χ3n) is 4.81. The van der Waals surface area contributed by atoms with Crippen molar-refractivity contribution in [2.24, 2.45) is 0 Å². The van der Waals surface area contributed by atoms with E-state index in [1.165, 1.54) is 18.1 Å². The van der Waals surface area contributed by atoms with Crippen molar-refractivity contribution in [3.63, 3.8) is 0 Å². The van der Waals surface area contributed by atoms with Crippen LogP contribution in [0.1, 0.15) is 24.2 Å². The number of carbonyl (C=O) groups is 2. The second kappa shape index (κ2) is 10.5. The first-order chi connectivity index (χ1) is 16.0. The third kappa shape index (κ3) is 5.43. The standard InChI is InChI=1S/C24H20BrN3O3S2/c1-3-31-24(30)16-6-10-18(11-7-16)28-21(29)14(2)33-23-20-19(12-32-22(20)26-13-27-23)15-4-8-17(25)9-5-15/h4-14H,3H2,1-2H3,(H,28,29). The minimum atomic E-state index is -0.398. The minimum Gasteiger partial charge on any atom is -0.462 e. The molecule has 1 amide bonds. The number of carbonyl (C=O) groups excluding carboxylic acids is 2. The van der Waals surface area contributed by atoms with Gasteiger partial charge in [-0.1, -0.05) is 39.8 Å². The third-order valence-corrected chi connectivity index (χ3v) is 7.33. The number of nitrogens with zero attached hydrogens (tertiary/aromatic N) is 2. The fraction of sp³-hybridized carbons (Fsp3) is 0.167. The molecule has 168 valence electrons. The number of benzene rings is 2. The van der Waals surface area contributed by atoms with Gasteiger partial charge in [-0.2, -0.15) is 0 Å². The fourth-order valence-electron chi connectivity index (χ4n) is 3.15. The molecule has 0 spiro atoms. The largest absolute Gasteiger partial charge is 0.462 e. The number of hydrogen-bond donors (Lipinski definition) is 1. The summed E-state index contributed by atoms with van der Waals surface area (Å²) in [5.41, 5.74) is 3.17. The molecule has 0 fully saturated rings. The lowest BCUT2D eigenvalue weighted by molar-refractivity contribution is -0.115. The number of esters is 1. The van der Waals surface area contributed by atoms with Crippen LogP contribution >= 0.6 is 39.0 Å². The molecule has 4 aromatic rings. The van der Waals surface area contributed by atoms with Crippen molar-refractivity contribution in [1.29, 1.82) is 0 Å². The van der Waals surface area contributed by atoms with E-state index in [0.29, 0.717) is 17.9 Å². The number of amides is 1. The Balaban J connectivity index is 1.51. The van der Waals surface area contributed by atoms with E-state index in [2.05, 4.69) is 36.6 Å². The molecule has 0 saturated carbocycles. The van der Waals surface area contributed by atoms with E-state index in [9.17, 15) is 9.59 Å². The van der Waals surface area contributed by atoms with Crippen LogP contribution in [0.15, 0.2) is 69.7 Å². The molecule has 0 aliphatic carbocycles. The minimum absolute atomic E-state index is 0.156. The van der Waals surface area contributed by atoms with Crippen molar-refractivity contribution in [3.8, 4) is 11.1 Å². The van der Waals surface area contributed by atoms with Crippen molar-refractivity contribution < 1.29 is 14.3 Å². The Labute approximate surface area is 207 Å². The topological polar surface area (TPSA) is 81.2 Å². The zero-order valence-corrected chi connectivity index (χ0v) is 21.1. The van der Waals surface area contributed by atoms with Crippen LogP contribution in [0.4, 0.5) is 5.69 Å². The molecule has 2 aromatic carbocycles. The van der Waals surface area contributed by atoms with Crippen molar-refractivity contribution in [3.05, 3.63) is 70.3 Å². The van der Waals surface area contributed by atoms with Gasteiger partial charge < -0.3 is 10.1 Å². The van der Waals surface area contributed by atoms with Crippen LogP contribution in [0.3, 0.4) is 0 Å². The number of hydrogen-bond acceptors (Lipinski definition) is 7. The monoisotopic (exact) mass is 541 g/mol. The van der Waals surface area contributed by atoms with Gasteiger partial charge in [-0.15, -0.1) is 11.3 Å². The Morgan fingerprint density at radius 1 is 1.12 bits per heavy atom. The van der Waals surface area contributed by atoms with Gasteiger partial charge in [0.2, 0.25) is 5.91 Å². The molecule has 0 bridgehead atoms. The van der Waals surface area contributed by atoms with Gasteiger partial charge in [-0.05, 0) is 55.8 Å². The molecular weight excluding hydrogens is 522 g/mol. The fourth-order valence-corrected chi connectivity index (χ4v) is 5.33. The van der Waals surface area contributed by atoms with E-state index >= 15 is 0 Å². The highest BCUT2D eigenvalue weighted by Gasteiger charge is 2.20. The Morgan fingerprint density at radius 3 is 2.55 bits per heavy atom. The summed E-state index contributed by atoms with van der Waals surface area (Å²) in [6.45, 7) is 3.91. The maximum Gasteiger partial charge on any atom is 0.338 e. The summed E-state index contributed by atoms with van der Waals surface area (Å²) in [4.78, 5) is 34.4. The first-order valence-electron chi connectivity index (χ1n) is 10.2. The van der Waals surface area contributed by atoms with Crippen molar-refractivity contribution >= 4 is 66.8 Å². The van der Waals surface area contributed by atoms with Gasteiger partial charge in [0.25, 0.3) is 0 Å². The number of nitrogens with one attached hydrogen (secondary N) is 1. The van der Waals surface area contributed by atoms with Gasteiger partial charge in [0.15, 0.2) is 0 Å².